The summed E-state index contributed by atoms with van der Waals surface area (Å²) in [6.45, 7) is 0. The Labute approximate surface area is 179 Å². The van der Waals surface area contributed by atoms with Crippen molar-refractivity contribution in [2.24, 2.45) is 0 Å². The molecular formula is C21H15FIN5O. The zero-order valence-corrected chi connectivity index (χ0v) is 17.3. The van der Waals surface area contributed by atoms with Crippen molar-refractivity contribution in [2.75, 3.05) is 0 Å². The molecule has 144 valence electrons. The third-order valence-electron chi connectivity index (χ3n) is 5.13. The van der Waals surface area contributed by atoms with Crippen molar-refractivity contribution < 1.29 is 9.18 Å². The van der Waals surface area contributed by atoms with Crippen molar-refractivity contribution in [1.82, 2.24) is 25.1 Å². The van der Waals surface area contributed by atoms with Crippen LogP contribution < -0.4 is 5.32 Å². The standard InChI is InChI=1S/C21H15FIN5O/c22-13-1-3-15(4-2-13)28-18-12-24-10-17(16(18)11-26-28)20(29)27-21(6-7-21)19-9-14(23)5-8-25-19/h1-5,8-12H,6-7H2,(H,27,29). The summed E-state index contributed by atoms with van der Waals surface area (Å²) in [4.78, 5) is 21.8. The van der Waals surface area contributed by atoms with Crippen LogP contribution in [0.2, 0.25) is 0 Å². The summed E-state index contributed by atoms with van der Waals surface area (Å²) in [6.07, 6.45) is 8.30. The van der Waals surface area contributed by atoms with Crippen LogP contribution in [0.4, 0.5) is 4.39 Å². The molecule has 5 rings (SSSR count). The van der Waals surface area contributed by atoms with Gasteiger partial charge in [0.1, 0.15) is 5.82 Å². The van der Waals surface area contributed by atoms with Crippen LogP contribution in [0.15, 0.2) is 61.2 Å². The van der Waals surface area contributed by atoms with Crippen LogP contribution in [0.1, 0.15) is 28.9 Å². The van der Waals surface area contributed by atoms with Crippen LogP contribution in [-0.2, 0) is 5.54 Å². The Morgan fingerprint density at radius 3 is 2.66 bits per heavy atom. The number of nitrogens with zero attached hydrogens (tertiary/aromatic N) is 4. The third-order valence-corrected chi connectivity index (χ3v) is 5.80. The number of aromatic nitrogens is 4. The largest absolute Gasteiger partial charge is 0.341 e. The van der Waals surface area contributed by atoms with Crippen LogP contribution in [-0.4, -0.2) is 25.7 Å². The summed E-state index contributed by atoms with van der Waals surface area (Å²) in [5.41, 5.74) is 2.28. The van der Waals surface area contributed by atoms with Gasteiger partial charge in [0.25, 0.3) is 5.91 Å². The van der Waals surface area contributed by atoms with Crippen molar-refractivity contribution in [3.05, 3.63) is 81.8 Å². The lowest BCUT2D eigenvalue weighted by Gasteiger charge is -2.17. The molecule has 1 saturated carbocycles. The van der Waals surface area contributed by atoms with Gasteiger partial charge < -0.3 is 5.32 Å². The van der Waals surface area contributed by atoms with Gasteiger partial charge in [-0.15, -0.1) is 0 Å². The molecule has 6 nitrogen and oxygen atoms in total. The highest BCUT2D eigenvalue weighted by Gasteiger charge is 2.47. The van der Waals surface area contributed by atoms with E-state index in [-0.39, 0.29) is 11.7 Å². The van der Waals surface area contributed by atoms with Gasteiger partial charge in [-0.05, 0) is 71.8 Å². The Kier molecular flexibility index (Phi) is 4.30. The van der Waals surface area contributed by atoms with E-state index in [4.69, 9.17) is 0 Å². The van der Waals surface area contributed by atoms with E-state index in [1.807, 2.05) is 12.1 Å². The number of hydrogen-bond acceptors (Lipinski definition) is 4. The van der Waals surface area contributed by atoms with Gasteiger partial charge in [0.2, 0.25) is 0 Å². The van der Waals surface area contributed by atoms with Gasteiger partial charge in [0, 0.05) is 21.4 Å². The highest BCUT2D eigenvalue weighted by Crippen LogP contribution is 2.45. The average Bonchev–Trinajstić information content (AvgIpc) is 3.38. The maximum absolute atomic E-state index is 13.2. The normalized spacial score (nSPS) is 14.7. The maximum atomic E-state index is 13.2. The van der Waals surface area contributed by atoms with E-state index in [2.05, 4.69) is 43.0 Å². The van der Waals surface area contributed by atoms with Crippen molar-refractivity contribution in [3.8, 4) is 5.69 Å². The molecule has 1 fully saturated rings. The first-order valence-corrected chi connectivity index (χ1v) is 10.2. The first-order chi connectivity index (χ1) is 14.1. The van der Waals surface area contributed by atoms with Crippen LogP contribution >= 0.6 is 22.6 Å². The molecule has 1 amide bonds. The van der Waals surface area contributed by atoms with Gasteiger partial charge in [0.05, 0.1) is 40.4 Å². The number of rotatable bonds is 4. The summed E-state index contributed by atoms with van der Waals surface area (Å²) in [6, 6.07) is 9.94. The van der Waals surface area contributed by atoms with Gasteiger partial charge in [-0.25, -0.2) is 9.07 Å². The minimum absolute atomic E-state index is 0.208. The van der Waals surface area contributed by atoms with E-state index in [0.717, 1.165) is 22.1 Å². The topological polar surface area (TPSA) is 72.7 Å². The Morgan fingerprint density at radius 2 is 1.93 bits per heavy atom. The number of carbonyl (C=O) groups excluding carboxylic acids is 1. The lowest BCUT2D eigenvalue weighted by molar-refractivity contribution is 0.0931. The molecule has 3 heterocycles. The fourth-order valence-corrected chi connectivity index (χ4v) is 3.89. The Balaban J connectivity index is 1.49. The van der Waals surface area contributed by atoms with E-state index in [1.54, 1.807) is 41.6 Å². The zero-order chi connectivity index (χ0) is 20.0. The SMILES string of the molecule is O=C(NC1(c2cc(I)ccn2)CC1)c1cncc2c1cnn2-c1ccc(F)cc1. The molecule has 0 aliphatic heterocycles. The van der Waals surface area contributed by atoms with Gasteiger partial charge in [-0.2, -0.15) is 5.10 Å². The third kappa shape index (κ3) is 3.27. The highest BCUT2D eigenvalue weighted by atomic mass is 127. The molecule has 0 unspecified atom stereocenters. The molecular weight excluding hydrogens is 484 g/mol. The molecule has 0 bridgehead atoms. The van der Waals surface area contributed by atoms with Crippen molar-refractivity contribution in [1.29, 1.82) is 0 Å². The minimum atomic E-state index is -0.423. The van der Waals surface area contributed by atoms with E-state index >= 15 is 0 Å². The average molecular weight is 499 g/mol. The molecule has 1 aromatic carbocycles. The number of amides is 1. The highest BCUT2D eigenvalue weighted by molar-refractivity contribution is 14.1. The van der Waals surface area contributed by atoms with Crippen molar-refractivity contribution in [2.45, 2.75) is 18.4 Å². The summed E-state index contributed by atoms with van der Waals surface area (Å²) >= 11 is 2.24. The number of nitrogens with one attached hydrogen (secondary N) is 1. The number of fused-ring (bicyclic) bond motifs is 1. The van der Waals surface area contributed by atoms with Gasteiger partial charge in [0.15, 0.2) is 0 Å². The molecule has 8 heteroatoms. The van der Waals surface area contributed by atoms with Gasteiger partial charge in [-0.3, -0.25) is 14.8 Å². The predicted molar refractivity (Wildman–Crippen MR) is 114 cm³/mol. The van der Waals surface area contributed by atoms with E-state index < -0.39 is 5.54 Å². The first-order valence-electron chi connectivity index (χ1n) is 9.08. The number of carbonyl (C=O) groups is 1. The predicted octanol–water partition coefficient (Wildman–Crippen LogP) is 3.98. The molecule has 3 aromatic heterocycles. The maximum Gasteiger partial charge on any atom is 0.254 e. The number of pyridine rings is 2. The van der Waals surface area contributed by atoms with E-state index in [9.17, 15) is 9.18 Å². The molecule has 29 heavy (non-hydrogen) atoms. The Hall–Kier alpha value is -2.88. The lowest BCUT2D eigenvalue weighted by Crippen LogP contribution is -2.35. The molecule has 1 N–H and O–H groups in total. The minimum Gasteiger partial charge on any atom is -0.341 e. The second-order valence-corrected chi connectivity index (χ2v) is 8.29. The first kappa shape index (κ1) is 18.2. The molecule has 4 aromatic rings. The molecule has 0 saturated heterocycles. The van der Waals surface area contributed by atoms with Crippen LogP contribution in [0.3, 0.4) is 0 Å². The molecule has 0 spiro atoms. The molecule has 0 atom stereocenters. The summed E-state index contributed by atoms with van der Waals surface area (Å²) in [7, 11) is 0. The molecule has 1 aliphatic carbocycles. The van der Waals surface area contributed by atoms with Crippen molar-refractivity contribution in [3.63, 3.8) is 0 Å². The quantitative estimate of drug-likeness (QED) is 0.432. The number of benzene rings is 1. The summed E-state index contributed by atoms with van der Waals surface area (Å²) < 4.78 is 16.0. The summed E-state index contributed by atoms with van der Waals surface area (Å²) in [5.74, 6) is -0.526. The van der Waals surface area contributed by atoms with Crippen LogP contribution in [0.5, 0.6) is 0 Å². The second kappa shape index (κ2) is 6.87. The summed E-state index contributed by atoms with van der Waals surface area (Å²) in [5, 5.41) is 8.21. The zero-order valence-electron chi connectivity index (χ0n) is 15.1. The van der Waals surface area contributed by atoms with Gasteiger partial charge in [-0.1, -0.05) is 0 Å². The van der Waals surface area contributed by atoms with Crippen LogP contribution in [0, 0.1) is 9.39 Å². The second-order valence-electron chi connectivity index (χ2n) is 7.05. The van der Waals surface area contributed by atoms with Gasteiger partial charge >= 0.3 is 0 Å². The van der Waals surface area contributed by atoms with E-state index in [0.29, 0.717) is 22.2 Å². The fourth-order valence-electron chi connectivity index (χ4n) is 3.43. The Bertz CT molecular complexity index is 1230. The smallest absolute Gasteiger partial charge is 0.254 e. The Morgan fingerprint density at radius 1 is 1.14 bits per heavy atom. The molecule has 0 radical (unpaired) electrons. The lowest BCUT2D eigenvalue weighted by atomic mass is 10.1. The molecule has 1 aliphatic rings. The number of hydrogen-bond donors (Lipinski definition) is 1. The van der Waals surface area contributed by atoms with Crippen LogP contribution in [0.25, 0.3) is 16.6 Å². The number of halogens is 2. The van der Waals surface area contributed by atoms with E-state index in [1.165, 1.54) is 12.1 Å². The van der Waals surface area contributed by atoms with Crippen molar-refractivity contribution >= 4 is 39.4 Å². The monoisotopic (exact) mass is 499 g/mol. The fraction of sp³-hybridized carbons (Fsp3) is 0.143.